The fourth-order valence-corrected chi connectivity index (χ4v) is 2.20. The molecule has 2 heteroatoms. The molecular formula is C14H18NO. The summed E-state index contributed by atoms with van der Waals surface area (Å²) in [5, 5.41) is 2.97. The van der Waals surface area contributed by atoms with Gasteiger partial charge in [0, 0.05) is 11.6 Å². The van der Waals surface area contributed by atoms with E-state index in [1.54, 1.807) is 0 Å². The van der Waals surface area contributed by atoms with Gasteiger partial charge in [0.25, 0.3) is 0 Å². The summed E-state index contributed by atoms with van der Waals surface area (Å²) in [5.74, 6) is 0.393. The van der Waals surface area contributed by atoms with E-state index in [1.807, 2.05) is 24.3 Å². The van der Waals surface area contributed by atoms with Gasteiger partial charge in [-0.05, 0) is 37.5 Å². The Balaban J connectivity index is 1.93. The van der Waals surface area contributed by atoms with E-state index < -0.39 is 0 Å². The topological polar surface area (TPSA) is 29.1 Å². The number of amides is 1. The molecule has 0 unspecified atom stereocenters. The molecule has 1 aliphatic rings. The molecule has 1 fully saturated rings. The lowest BCUT2D eigenvalue weighted by molar-refractivity contribution is -0.120. The molecule has 85 valence electrons. The number of hydrogen-bond acceptors (Lipinski definition) is 1. The summed E-state index contributed by atoms with van der Waals surface area (Å²) in [7, 11) is 0. The standard InChI is InChI=1S/C14H18NO/c1-11-7-9-13(10-8-11)15-14(16)12-5-3-2-4-6-12/h7-10,12H,1-6H2,(H,15,16). The van der Waals surface area contributed by atoms with Crippen molar-refractivity contribution in [3.8, 4) is 0 Å². The first kappa shape index (κ1) is 11.2. The van der Waals surface area contributed by atoms with E-state index in [0.717, 1.165) is 24.1 Å². The van der Waals surface area contributed by atoms with Gasteiger partial charge in [-0.3, -0.25) is 4.79 Å². The van der Waals surface area contributed by atoms with Gasteiger partial charge < -0.3 is 5.32 Å². The summed E-state index contributed by atoms with van der Waals surface area (Å²) >= 11 is 0. The zero-order valence-corrected chi connectivity index (χ0v) is 9.54. The number of carbonyl (C=O) groups excluding carboxylic acids is 1. The van der Waals surface area contributed by atoms with Gasteiger partial charge in [-0.15, -0.1) is 0 Å². The molecule has 1 radical (unpaired) electrons. The molecule has 0 aromatic heterocycles. The lowest BCUT2D eigenvalue weighted by atomic mass is 9.88. The molecule has 1 aromatic carbocycles. The highest BCUT2D eigenvalue weighted by Crippen LogP contribution is 2.24. The highest BCUT2D eigenvalue weighted by atomic mass is 16.1. The molecule has 2 nitrogen and oxygen atoms in total. The molecule has 0 bridgehead atoms. The van der Waals surface area contributed by atoms with Gasteiger partial charge >= 0.3 is 0 Å². The molecule has 0 saturated heterocycles. The van der Waals surface area contributed by atoms with Crippen LogP contribution in [-0.2, 0) is 4.79 Å². The second-order valence-corrected chi connectivity index (χ2v) is 4.52. The molecule has 1 saturated carbocycles. The van der Waals surface area contributed by atoms with Crippen LogP contribution in [-0.4, -0.2) is 5.91 Å². The van der Waals surface area contributed by atoms with Crippen LogP contribution in [0.2, 0.25) is 0 Å². The minimum atomic E-state index is 0.177. The Bertz CT molecular complexity index is 350. The van der Waals surface area contributed by atoms with Crippen molar-refractivity contribution in [1.82, 2.24) is 0 Å². The molecule has 0 heterocycles. The predicted octanol–water partition coefficient (Wildman–Crippen LogP) is 3.39. The third-order valence-electron chi connectivity index (χ3n) is 3.20. The average molecular weight is 216 g/mol. The van der Waals surface area contributed by atoms with E-state index in [0.29, 0.717) is 0 Å². The summed E-state index contributed by atoms with van der Waals surface area (Å²) in [6, 6.07) is 7.64. The van der Waals surface area contributed by atoms with Crippen LogP contribution >= 0.6 is 0 Å². The van der Waals surface area contributed by atoms with Crippen molar-refractivity contribution >= 4 is 11.6 Å². The molecule has 0 atom stereocenters. The molecule has 1 aliphatic carbocycles. The van der Waals surface area contributed by atoms with Crippen LogP contribution < -0.4 is 5.32 Å². The Morgan fingerprint density at radius 2 is 1.75 bits per heavy atom. The number of hydrogen-bond donors (Lipinski definition) is 1. The summed E-state index contributed by atoms with van der Waals surface area (Å²) in [6.07, 6.45) is 5.74. The van der Waals surface area contributed by atoms with Gasteiger partial charge in [-0.1, -0.05) is 31.4 Å². The third kappa shape index (κ3) is 2.84. The second-order valence-electron chi connectivity index (χ2n) is 4.52. The van der Waals surface area contributed by atoms with Crippen molar-refractivity contribution < 1.29 is 4.79 Å². The Kier molecular flexibility index (Phi) is 3.60. The van der Waals surface area contributed by atoms with E-state index in [4.69, 9.17) is 0 Å². The highest BCUT2D eigenvalue weighted by Gasteiger charge is 2.20. The molecule has 1 N–H and O–H groups in total. The van der Waals surface area contributed by atoms with Crippen LogP contribution in [0.1, 0.15) is 37.7 Å². The number of nitrogens with one attached hydrogen (secondary N) is 1. The first-order chi connectivity index (χ1) is 7.75. The normalized spacial score (nSPS) is 17.1. The molecule has 0 spiro atoms. The molecule has 1 aromatic rings. The minimum absolute atomic E-state index is 0.177. The van der Waals surface area contributed by atoms with E-state index in [-0.39, 0.29) is 11.8 Å². The van der Waals surface area contributed by atoms with Gasteiger partial charge in [0.05, 0.1) is 0 Å². The van der Waals surface area contributed by atoms with Gasteiger partial charge in [0.2, 0.25) is 5.91 Å². The Hall–Kier alpha value is -1.31. The van der Waals surface area contributed by atoms with Gasteiger partial charge in [-0.25, -0.2) is 0 Å². The molecular weight excluding hydrogens is 198 g/mol. The highest BCUT2D eigenvalue weighted by molar-refractivity contribution is 5.92. The van der Waals surface area contributed by atoms with Crippen molar-refractivity contribution in [2.75, 3.05) is 5.32 Å². The fourth-order valence-electron chi connectivity index (χ4n) is 2.20. The van der Waals surface area contributed by atoms with Crippen LogP contribution in [0.3, 0.4) is 0 Å². The maximum absolute atomic E-state index is 11.9. The van der Waals surface area contributed by atoms with Crippen molar-refractivity contribution in [3.05, 3.63) is 36.8 Å². The average Bonchev–Trinajstić information content (AvgIpc) is 2.33. The number of anilines is 1. The first-order valence-corrected chi connectivity index (χ1v) is 5.98. The minimum Gasteiger partial charge on any atom is -0.326 e. The van der Waals surface area contributed by atoms with Crippen LogP contribution in [0.25, 0.3) is 0 Å². The van der Waals surface area contributed by atoms with E-state index in [9.17, 15) is 4.79 Å². The number of benzene rings is 1. The maximum atomic E-state index is 11.9. The van der Waals surface area contributed by atoms with Gasteiger partial charge in [0.1, 0.15) is 0 Å². The lowest BCUT2D eigenvalue weighted by Crippen LogP contribution is -2.24. The zero-order valence-electron chi connectivity index (χ0n) is 9.54. The lowest BCUT2D eigenvalue weighted by Gasteiger charge is -2.20. The van der Waals surface area contributed by atoms with Crippen molar-refractivity contribution in [1.29, 1.82) is 0 Å². The SMILES string of the molecule is [CH2]c1ccc(NC(=O)C2CCCCC2)cc1. The van der Waals surface area contributed by atoms with Crippen LogP contribution in [0.5, 0.6) is 0 Å². The van der Waals surface area contributed by atoms with Crippen molar-refractivity contribution in [2.24, 2.45) is 5.92 Å². The second kappa shape index (κ2) is 5.15. The van der Waals surface area contributed by atoms with Gasteiger partial charge in [-0.2, -0.15) is 0 Å². The zero-order chi connectivity index (χ0) is 11.4. The number of carbonyl (C=O) groups is 1. The smallest absolute Gasteiger partial charge is 0.227 e. The summed E-state index contributed by atoms with van der Waals surface area (Å²) in [5.41, 5.74) is 1.85. The Labute approximate surface area is 97.1 Å². The van der Waals surface area contributed by atoms with Crippen LogP contribution in [0, 0.1) is 12.8 Å². The largest absolute Gasteiger partial charge is 0.326 e. The number of rotatable bonds is 2. The quantitative estimate of drug-likeness (QED) is 0.806. The summed E-state index contributed by atoms with van der Waals surface area (Å²) < 4.78 is 0. The van der Waals surface area contributed by atoms with Crippen molar-refractivity contribution in [2.45, 2.75) is 32.1 Å². The molecule has 2 rings (SSSR count). The molecule has 16 heavy (non-hydrogen) atoms. The molecule has 0 aliphatic heterocycles. The first-order valence-electron chi connectivity index (χ1n) is 5.98. The van der Waals surface area contributed by atoms with E-state index in [1.165, 1.54) is 19.3 Å². The maximum Gasteiger partial charge on any atom is 0.227 e. The van der Waals surface area contributed by atoms with Crippen molar-refractivity contribution in [3.63, 3.8) is 0 Å². The van der Waals surface area contributed by atoms with Crippen LogP contribution in [0.15, 0.2) is 24.3 Å². The van der Waals surface area contributed by atoms with E-state index >= 15 is 0 Å². The molecule has 1 amide bonds. The van der Waals surface area contributed by atoms with E-state index in [2.05, 4.69) is 12.2 Å². The monoisotopic (exact) mass is 216 g/mol. The van der Waals surface area contributed by atoms with Gasteiger partial charge in [0.15, 0.2) is 0 Å². The van der Waals surface area contributed by atoms with Crippen LogP contribution in [0.4, 0.5) is 5.69 Å². The Morgan fingerprint density at radius 3 is 2.38 bits per heavy atom. The summed E-state index contributed by atoms with van der Waals surface area (Å²) in [6.45, 7) is 3.82. The summed E-state index contributed by atoms with van der Waals surface area (Å²) in [4.78, 5) is 11.9. The Morgan fingerprint density at radius 1 is 1.12 bits per heavy atom. The fraction of sp³-hybridized carbons (Fsp3) is 0.429. The third-order valence-corrected chi connectivity index (χ3v) is 3.20. The predicted molar refractivity (Wildman–Crippen MR) is 66.1 cm³/mol.